The Morgan fingerprint density at radius 1 is 1.00 bits per heavy atom. The number of hydrogen-bond donors (Lipinski definition) is 1. The number of rotatable bonds is 7. The summed E-state index contributed by atoms with van der Waals surface area (Å²) in [7, 11) is 1.76. The number of nitrogens with zero attached hydrogens (tertiary/aromatic N) is 1. The Labute approximate surface area is 145 Å². The second-order valence-corrected chi connectivity index (χ2v) is 6.50. The van der Waals surface area contributed by atoms with Crippen LogP contribution in [0.4, 0.5) is 0 Å². The molecule has 2 aromatic carbocycles. The lowest BCUT2D eigenvalue weighted by molar-refractivity contribution is 0.154. The van der Waals surface area contributed by atoms with E-state index in [9.17, 15) is 0 Å². The maximum atomic E-state index is 5.56. The van der Waals surface area contributed by atoms with Gasteiger partial charge in [0, 0.05) is 24.7 Å². The average molecular weight is 324 g/mol. The van der Waals surface area contributed by atoms with Gasteiger partial charge in [-0.25, -0.2) is 0 Å². The van der Waals surface area contributed by atoms with Crippen molar-refractivity contribution in [3.05, 3.63) is 65.7 Å². The molecule has 3 rings (SSSR count). The van der Waals surface area contributed by atoms with E-state index in [0.29, 0.717) is 6.04 Å². The Bertz CT molecular complexity index is 608. The minimum atomic E-state index is 0.653. The molecule has 1 heterocycles. The summed E-state index contributed by atoms with van der Waals surface area (Å²) in [6.07, 6.45) is 3.55. The molecule has 2 aromatic rings. The van der Waals surface area contributed by atoms with Gasteiger partial charge in [0.05, 0.1) is 7.11 Å². The first-order valence-corrected chi connectivity index (χ1v) is 8.97. The zero-order valence-corrected chi connectivity index (χ0v) is 14.6. The molecule has 3 heteroatoms. The van der Waals surface area contributed by atoms with Crippen LogP contribution < -0.4 is 10.1 Å². The summed E-state index contributed by atoms with van der Waals surface area (Å²) in [6.45, 7) is 4.30. The minimum Gasteiger partial charge on any atom is -0.496 e. The van der Waals surface area contributed by atoms with Gasteiger partial charge < -0.3 is 10.1 Å². The van der Waals surface area contributed by atoms with Gasteiger partial charge in [0.2, 0.25) is 0 Å². The van der Waals surface area contributed by atoms with Crippen molar-refractivity contribution >= 4 is 0 Å². The lowest BCUT2D eigenvalue weighted by Crippen LogP contribution is -2.43. The Hall–Kier alpha value is -1.84. The molecule has 0 radical (unpaired) electrons. The summed E-state index contributed by atoms with van der Waals surface area (Å²) in [5, 5.41) is 3.48. The van der Waals surface area contributed by atoms with Gasteiger partial charge in [0.1, 0.15) is 5.75 Å². The van der Waals surface area contributed by atoms with Crippen molar-refractivity contribution < 1.29 is 4.74 Å². The first-order chi connectivity index (χ1) is 11.9. The number of para-hydroxylation sites is 1. The Balaban J connectivity index is 1.71. The molecule has 1 saturated heterocycles. The second kappa shape index (κ2) is 8.86. The van der Waals surface area contributed by atoms with E-state index in [1.807, 2.05) is 6.07 Å². The van der Waals surface area contributed by atoms with Crippen LogP contribution in [0.1, 0.15) is 24.0 Å². The first-order valence-electron chi connectivity index (χ1n) is 8.97. The van der Waals surface area contributed by atoms with Crippen molar-refractivity contribution in [1.29, 1.82) is 0 Å². The van der Waals surface area contributed by atoms with Crippen molar-refractivity contribution in [2.75, 3.05) is 26.7 Å². The zero-order chi connectivity index (χ0) is 16.6. The highest BCUT2D eigenvalue weighted by molar-refractivity contribution is 5.33. The van der Waals surface area contributed by atoms with Crippen LogP contribution in [0.2, 0.25) is 0 Å². The quantitative estimate of drug-likeness (QED) is 0.844. The van der Waals surface area contributed by atoms with Gasteiger partial charge in [0.15, 0.2) is 0 Å². The predicted molar refractivity (Wildman–Crippen MR) is 99.4 cm³/mol. The third-order valence-corrected chi connectivity index (χ3v) is 4.92. The SMILES string of the molecule is COc1ccccc1CN(CCc1ccccc1)C1CCNCC1. The van der Waals surface area contributed by atoms with E-state index >= 15 is 0 Å². The molecule has 0 bridgehead atoms. The number of hydrogen-bond acceptors (Lipinski definition) is 3. The summed E-state index contributed by atoms with van der Waals surface area (Å²) in [4.78, 5) is 2.64. The Morgan fingerprint density at radius 3 is 2.46 bits per heavy atom. The lowest BCUT2D eigenvalue weighted by atomic mass is 10.0. The summed E-state index contributed by atoms with van der Waals surface area (Å²) < 4.78 is 5.56. The molecule has 0 aliphatic carbocycles. The zero-order valence-electron chi connectivity index (χ0n) is 14.6. The highest BCUT2D eigenvalue weighted by Gasteiger charge is 2.21. The fourth-order valence-corrected chi connectivity index (χ4v) is 3.53. The Kier molecular flexibility index (Phi) is 6.27. The van der Waals surface area contributed by atoms with Gasteiger partial charge in [-0.2, -0.15) is 0 Å². The summed E-state index contributed by atoms with van der Waals surface area (Å²) >= 11 is 0. The summed E-state index contributed by atoms with van der Waals surface area (Å²) in [6, 6.07) is 19.9. The molecule has 0 aromatic heterocycles. The third-order valence-electron chi connectivity index (χ3n) is 4.92. The monoisotopic (exact) mass is 324 g/mol. The van der Waals surface area contributed by atoms with Gasteiger partial charge in [-0.3, -0.25) is 4.90 Å². The second-order valence-electron chi connectivity index (χ2n) is 6.50. The molecule has 128 valence electrons. The molecule has 0 atom stereocenters. The van der Waals surface area contributed by atoms with Crippen LogP contribution in [0.3, 0.4) is 0 Å². The topological polar surface area (TPSA) is 24.5 Å². The number of ether oxygens (including phenoxy) is 1. The van der Waals surface area contributed by atoms with Crippen molar-refractivity contribution in [2.45, 2.75) is 31.8 Å². The standard InChI is InChI=1S/C21H28N2O/c1-24-21-10-6-5-9-19(21)17-23(20-11-14-22-15-12-20)16-13-18-7-3-2-4-8-18/h2-10,20,22H,11-17H2,1H3. The maximum absolute atomic E-state index is 5.56. The van der Waals surface area contributed by atoms with Crippen molar-refractivity contribution in [1.82, 2.24) is 10.2 Å². The molecule has 1 aliphatic rings. The van der Waals surface area contributed by atoms with E-state index < -0.39 is 0 Å². The van der Waals surface area contributed by atoms with Gasteiger partial charge in [0.25, 0.3) is 0 Å². The van der Waals surface area contributed by atoms with Crippen LogP contribution in [-0.4, -0.2) is 37.7 Å². The van der Waals surface area contributed by atoms with Crippen molar-refractivity contribution in [2.24, 2.45) is 0 Å². The number of piperidine rings is 1. The van der Waals surface area contributed by atoms with Crippen LogP contribution >= 0.6 is 0 Å². The number of methoxy groups -OCH3 is 1. The maximum Gasteiger partial charge on any atom is 0.123 e. The molecular formula is C21H28N2O. The van der Waals surface area contributed by atoms with Crippen LogP contribution in [0.25, 0.3) is 0 Å². The molecule has 0 unspecified atom stereocenters. The fraction of sp³-hybridized carbons (Fsp3) is 0.429. The van der Waals surface area contributed by atoms with Crippen LogP contribution in [-0.2, 0) is 13.0 Å². The van der Waals surface area contributed by atoms with Crippen LogP contribution in [0.15, 0.2) is 54.6 Å². The van der Waals surface area contributed by atoms with Gasteiger partial charge in [-0.1, -0.05) is 48.5 Å². The molecular weight excluding hydrogens is 296 g/mol. The van der Waals surface area contributed by atoms with Gasteiger partial charge in [-0.15, -0.1) is 0 Å². The summed E-state index contributed by atoms with van der Waals surface area (Å²) in [5.74, 6) is 0.996. The first kappa shape index (κ1) is 17.0. The molecule has 1 aliphatic heterocycles. The molecule has 3 nitrogen and oxygen atoms in total. The summed E-state index contributed by atoms with van der Waals surface area (Å²) in [5.41, 5.74) is 2.70. The third kappa shape index (κ3) is 4.59. The minimum absolute atomic E-state index is 0.653. The van der Waals surface area contributed by atoms with Crippen molar-refractivity contribution in [3.8, 4) is 5.75 Å². The van der Waals surface area contributed by atoms with Crippen LogP contribution in [0.5, 0.6) is 5.75 Å². The van der Waals surface area contributed by atoms with Gasteiger partial charge in [-0.05, 0) is 44.0 Å². The van der Waals surface area contributed by atoms with E-state index in [-0.39, 0.29) is 0 Å². The van der Waals surface area contributed by atoms with E-state index in [4.69, 9.17) is 4.74 Å². The molecule has 24 heavy (non-hydrogen) atoms. The fourth-order valence-electron chi connectivity index (χ4n) is 3.53. The smallest absolute Gasteiger partial charge is 0.123 e. The Morgan fingerprint density at radius 2 is 1.71 bits per heavy atom. The molecule has 1 N–H and O–H groups in total. The largest absolute Gasteiger partial charge is 0.496 e. The number of benzene rings is 2. The van der Waals surface area contributed by atoms with Crippen LogP contribution in [0, 0.1) is 0 Å². The average Bonchev–Trinajstić information content (AvgIpc) is 2.67. The number of nitrogens with one attached hydrogen (secondary N) is 1. The van der Waals surface area contributed by atoms with Crippen molar-refractivity contribution in [3.63, 3.8) is 0 Å². The highest BCUT2D eigenvalue weighted by Crippen LogP contribution is 2.23. The molecule has 0 amide bonds. The van der Waals surface area contributed by atoms with E-state index in [1.165, 1.54) is 24.0 Å². The van der Waals surface area contributed by atoms with E-state index in [0.717, 1.165) is 38.3 Å². The molecule has 0 spiro atoms. The van der Waals surface area contributed by atoms with E-state index in [1.54, 1.807) is 7.11 Å². The normalized spacial score (nSPS) is 15.6. The molecule has 0 saturated carbocycles. The van der Waals surface area contributed by atoms with E-state index in [2.05, 4.69) is 58.7 Å². The van der Waals surface area contributed by atoms with Gasteiger partial charge >= 0.3 is 0 Å². The predicted octanol–water partition coefficient (Wildman–Crippen LogP) is 3.49. The molecule has 1 fully saturated rings. The lowest BCUT2D eigenvalue weighted by Gasteiger charge is -2.35. The highest BCUT2D eigenvalue weighted by atomic mass is 16.5.